The van der Waals surface area contributed by atoms with E-state index in [9.17, 15) is 0 Å². The molecule has 0 bridgehead atoms. The average Bonchev–Trinajstić information content (AvgIpc) is 2.39. The average molecular weight is 296 g/mol. The maximum absolute atomic E-state index is 8.75. The predicted molar refractivity (Wildman–Crippen MR) is 76.3 cm³/mol. The molecular formula is C12H11Cl2N5. The summed E-state index contributed by atoms with van der Waals surface area (Å²) in [6.07, 6.45) is 3.83. The van der Waals surface area contributed by atoms with Crippen LogP contribution in [0.15, 0.2) is 23.6 Å². The van der Waals surface area contributed by atoms with Crippen LogP contribution in [0.5, 0.6) is 0 Å². The zero-order valence-electron chi connectivity index (χ0n) is 10.4. The Kier molecular flexibility index (Phi) is 3.80. The molecule has 2 heterocycles. The van der Waals surface area contributed by atoms with Crippen LogP contribution in [0.2, 0.25) is 10.3 Å². The van der Waals surface area contributed by atoms with Gasteiger partial charge in [0.1, 0.15) is 10.3 Å². The standard InChI is InChI=1S/C12H11Cl2N5/c1-3-12(2,18-19-15)9-6-17-11(14)8-5-16-10(13)4-7(8)9/h4-6H,3H2,1-2H3. The normalized spacial score (nSPS) is 13.9. The summed E-state index contributed by atoms with van der Waals surface area (Å²) in [6, 6.07) is 1.71. The van der Waals surface area contributed by atoms with E-state index >= 15 is 0 Å². The van der Waals surface area contributed by atoms with E-state index in [1.165, 1.54) is 0 Å². The molecule has 19 heavy (non-hydrogen) atoms. The van der Waals surface area contributed by atoms with Gasteiger partial charge in [0.15, 0.2) is 0 Å². The van der Waals surface area contributed by atoms with Gasteiger partial charge in [-0.15, -0.1) is 0 Å². The Morgan fingerprint density at radius 1 is 1.32 bits per heavy atom. The van der Waals surface area contributed by atoms with Gasteiger partial charge in [0.25, 0.3) is 0 Å². The molecule has 0 N–H and O–H groups in total. The van der Waals surface area contributed by atoms with Crippen molar-refractivity contribution in [3.63, 3.8) is 0 Å². The number of rotatable bonds is 3. The SMILES string of the molecule is CCC(C)(N=[N+]=[N-])c1cnc(Cl)c2cnc(Cl)cc12. The van der Waals surface area contributed by atoms with Gasteiger partial charge in [0.05, 0.1) is 5.54 Å². The van der Waals surface area contributed by atoms with Crippen molar-refractivity contribution in [2.45, 2.75) is 25.8 Å². The molecule has 0 saturated heterocycles. The molecule has 0 fully saturated rings. The van der Waals surface area contributed by atoms with Crippen LogP contribution in [0.3, 0.4) is 0 Å². The van der Waals surface area contributed by atoms with Crippen LogP contribution in [0, 0.1) is 0 Å². The quantitative estimate of drug-likeness (QED) is 0.350. The van der Waals surface area contributed by atoms with E-state index in [0.29, 0.717) is 22.1 Å². The van der Waals surface area contributed by atoms with E-state index in [2.05, 4.69) is 20.0 Å². The molecule has 0 aliphatic carbocycles. The summed E-state index contributed by atoms with van der Waals surface area (Å²) in [5.41, 5.74) is 8.84. The highest BCUT2D eigenvalue weighted by atomic mass is 35.5. The largest absolute Gasteiger partial charge is 0.244 e. The molecule has 0 amide bonds. The zero-order chi connectivity index (χ0) is 14.0. The first-order valence-corrected chi connectivity index (χ1v) is 6.44. The second-order valence-electron chi connectivity index (χ2n) is 4.33. The Hall–Kier alpha value is -1.55. The number of azide groups is 1. The van der Waals surface area contributed by atoms with Crippen molar-refractivity contribution in [1.29, 1.82) is 0 Å². The molecule has 2 rings (SSSR count). The monoisotopic (exact) mass is 295 g/mol. The lowest BCUT2D eigenvalue weighted by Crippen LogP contribution is -2.18. The molecule has 0 spiro atoms. The van der Waals surface area contributed by atoms with Gasteiger partial charge in [-0.3, -0.25) is 0 Å². The smallest absolute Gasteiger partial charge is 0.138 e. The first-order chi connectivity index (χ1) is 9.01. The van der Waals surface area contributed by atoms with Crippen molar-refractivity contribution in [1.82, 2.24) is 9.97 Å². The second kappa shape index (κ2) is 5.21. The molecule has 1 atom stereocenters. The highest BCUT2D eigenvalue weighted by molar-refractivity contribution is 6.35. The number of hydrogen-bond acceptors (Lipinski definition) is 3. The fraction of sp³-hybridized carbons (Fsp3) is 0.333. The van der Waals surface area contributed by atoms with Crippen LogP contribution >= 0.6 is 23.2 Å². The Balaban J connectivity index is 2.84. The highest BCUT2D eigenvalue weighted by Crippen LogP contribution is 2.36. The van der Waals surface area contributed by atoms with Crippen LogP contribution in [0.1, 0.15) is 25.8 Å². The molecular weight excluding hydrogens is 285 g/mol. The van der Waals surface area contributed by atoms with E-state index < -0.39 is 5.54 Å². The number of halogens is 2. The molecule has 0 aliphatic rings. The Labute approximate surface area is 120 Å². The molecule has 1 unspecified atom stereocenters. The van der Waals surface area contributed by atoms with E-state index in [1.54, 1.807) is 18.5 Å². The summed E-state index contributed by atoms with van der Waals surface area (Å²) in [5.74, 6) is 0. The highest BCUT2D eigenvalue weighted by Gasteiger charge is 2.26. The van der Waals surface area contributed by atoms with Gasteiger partial charge in [-0.05, 0) is 35.9 Å². The van der Waals surface area contributed by atoms with Crippen LogP contribution in [-0.4, -0.2) is 9.97 Å². The van der Waals surface area contributed by atoms with Gasteiger partial charge in [-0.1, -0.05) is 35.2 Å². The third-order valence-electron chi connectivity index (χ3n) is 3.22. The van der Waals surface area contributed by atoms with Crippen molar-refractivity contribution in [2.75, 3.05) is 0 Å². The summed E-state index contributed by atoms with van der Waals surface area (Å²) in [4.78, 5) is 11.1. The minimum atomic E-state index is -0.699. The lowest BCUT2D eigenvalue weighted by Gasteiger charge is -2.24. The van der Waals surface area contributed by atoms with Gasteiger partial charge in [0.2, 0.25) is 0 Å². The minimum Gasteiger partial charge on any atom is -0.244 e. The molecule has 2 aromatic heterocycles. The topological polar surface area (TPSA) is 74.5 Å². The molecule has 2 aromatic rings. The minimum absolute atomic E-state index is 0.349. The summed E-state index contributed by atoms with van der Waals surface area (Å²) >= 11 is 12.0. The number of fused-ring (bicyclic) bond motifs is 1. The van der Waals surface area contributed by atoms with Crippen molar-refractivity contribution in [3.05, 3.63) is 44.8 Å². The second-order valence-corrected chi connectivity index (χ2v) is 5.08. The van der Waals surface area contributed by atoms with Crippen molar-refractivity contribution in [2.24, 2.45) is 5.11 Å². The number of pyridine rings is 2. The van der Waals surface area contributed by atoms with Crippen LogP contribution in [0.4, 0.5) is 0 Å². The fourth-order valence-corrected chi connectivity index (χ4v) is 2.28. The Morgan fingerprint density at radius 2 is 2.05 bits per heavy atom. The lowest BCUT2D eigenvalue weighted by molar-refractivity contribution is 0.476. The number of hydrogen-bond donors (Lipinski definition) is 0. The molecule has 0 saturated carbocycles. The van der Waals surface area contributed by atoms with E-state index in [-0.39, 0.29) is 0 Å². The fourth-order valence-electron chi connectivity index (χ4n) is 1.92. The Morgan fingerprint density at radius 3 is 2.68 bits per heavy atom. The van der Waals surface area contributed by atoms with Crippen LogP contribution < -0.4 is 0 Å². The third-order valence-corrected chi connectivity index (χ3v) is 3.73. The molecule has 0 radical (unpaired) electrons. The van der Waals surface area contributed by atoms with Crippen LogP contribution in [-0.2, 0) is 5.54 Å². The van der Waals surface area contributed by atoms with Gasteiger partial charge in [0, 0.05) is 22.7 Å². The van der Waals surface area contributed by atoms with E-state index in [4.69, 9.17) is 28.7 Å². The lowest BCUT2D eigenvalue weighted by atomic mass is 9.88. The summed E-state index contributed by atoms with van der Waals surface area (Å²) in [7, 11) is 0. The molecule has 7 heteroatoms. The first-order valence-electron chi connectivity index (χ1n) is 5.68. The molecule has 0 aromatic carbocycles. The summed E-state index contributed by atoms with van der Waals surface area (Å²) in [6.45, 7) is 3.79. The van der Waals surface area contributed by atoms with Gasteiger partial charge in [-0.25, -0.2) is 9.97 Å². The Bertz CT molecular complexity index is 681. The van der Waals surface area contributed by atoms with Gasteiger partial charge < -0.3 is 0 Å². The zero-order valence-corrected chi connectivity index (χ0v) is 11.9. The number of nitrogens with zero attached hydrogens (tertiary/aromatic N) is 5. The summed E-state index contributed by atoms with van der Waals surface area (Å²) in [5, 5.41) is 6.09. The molecule has 98 valence electrons. The maximum Gasteiger partial charge on any atom is 0.138 e. The van der Waals surface area contributed by atoms with Crippen molar-refractivity contribution < 1.29 is 0 Å². The van der Waals surface area contributed by atoms with Crippen molar-refractivity contribution in [3.8, 4) is 0 Å². The van der Waals surface area contributed by atoms with Crippen LogP contribution in [0.25, 0.3) is 21.2 Å². The van der Waals surface area contributed by atoms with E-state index in [0.717, 1.165) is 10.9 Å². The van der Waals surface area contributed by atoms with E-state index in [1.807, 2.05) is 13.8 Å². The summed E-state index contributed by atoms with van der Waals surface area (Å²) < 4.78 is 0. The number of aromatic nitrogens is 2. The predicted octanol–water partition coefficient (Wildman–Crippen LogP) is 4.87. The van der Waals surface area contributed by atoms with Crippen molar-refractivity contribution >= 4 is 34.0 Å². The first kappa shape index (κ1) is 13.9. The maximum atomic E-state index is 8.75. The van der Waals surface area contributed by atoms with Gasteiger partial charge >= 0.3 is 0 Å². The molecule has 0 aliphatic heterocycles. The molecule has 5 nitrogen and oxygen atoms in total. The third kappa shape index (κ3) is 2.45. The van der Waals surface area contributed by atoms with Gasteiger partial charge in [-0.2, -0.15) is 0 Å².